The number of hydrogen-bond acceptors (Lipinski definition) is 5. The van der Waals surface area contributed by atoms with Crippen molar-refractivity contribution in [3.05, 3.63) is 60.7 Å². The van der Waals surface area contributed by atoms with Gasteiger partial charge in [0.25, 0.3) is 8.32 Å². The Labute approximate surface area is 223 Å². The second kappa shape index (κ2) is 11.4. The smallest absolute Gasteiger partial charge is 0.410 e. The Kier molecular flexibility index (Phi) is 8.89. The van der Waals surface area contributed by atoms with Gasteiger partial charge in [-0.2, -0.15) is 5.26 Å². The molecule has 1 fully saturated rings. The molecule has 0 unspecified atom stereocenters. The van der Waals surface area contributed by atoms with Gasteiger partial charge in [-0.3, -0.25) is 0 Å². The number of amides is 1. The third-order valence-electron chi connectivity index (χ3n) is 6.88. The van der Waals surface area contributed by atoms with E-state index in [0.29, 0.717) is 26.4 Å². The van der Waals surface area contributed by atoms with Crippen molar-refractivity contribution in [1.29, 1.82) is 5.26 Å². The van der Waals surface area contributed by atoms with Crippen LogP contribution in [0.4, 0.5) is 4.79 Å². The van der Waals surface area contributed by atoms with E-state index in [-0.39, 0.29) is 22.9 Å². The van der Waals surface area contributed by atoms with Crippen molar-refractivity contribution < 1.29 is 18.7 Å². The van der Waals surface area contributed by atoms with Crippen LogP contribution in [0.25, 0.3) is 0 Å². The number of nitriles is 1. The molecule has 1 aliphatic rings. The first kappa shape index (κ1) is 28.9. The van der Waals surface area contributed by atoms with Crippen LogP contribution in [-0.2, 0) is 13.9 Å². The maximum atomic E-state index is 13.2. The van der Waals surface area contributed by atoms with Gasteiger partial charge in [0, 0.05) is 19.2 Å². The SMILES string of the molecule is C[C@@H](CC#N)N(CC1(CO[Si](c2ccccc2)(c2ccccc2)C(C)(C)C)COC1)C(=O)OC(C)(C)C. The minimum Gasteiger partial charge on any atom is -0.444 e. The molecule has 37 heavy (non-hydrogen) atoms. The topological polar surface area (TPSA) is 71.8 Å². The van der Waals surface area contributed by atoms with Gasteiger partial charge >= 0.3 is 6.09 Å². The molecule has 3 rings (SSSR count). The van der Waals surface area contributed by atoms with E-state index in [0.717, 1.165) is 0 Å². The lowest BCUT2D eigenvalue weighted by Gasteiger charge is -2.49. The molecule has 1 amide bonds. The van der Waals surface area contributed by atoms with Crippen LogP contribution in [0.3, 0.4) is 0 Å². The fraction of sp³-hybridized carbons (Fsp3) is 0.533. The van der Waals surface area contributed by atoms with Crippen LogP contribution in [0.2, 0.25) is 5.04 Å². The Balaban J connectivity index is 1.98. The van der Waals surface area contributed by atoms with E-state index in [9.17, 15) is 10.1 Å². The number of benzene rings is 2. The number of nitrogens with zero attached hydrogens (tertiary/aromatic N) is 2. The Bertz CT molecular complexity index is 1030. The van der Waals surface area contributed by atoms with Crippen molar-refractivity contribution in [3.63, 3.8) is 0 Å². The van der Waals surface area contributed by atoms with E-state index in [1.165, 1.54) is 10.4 Å². The summed E-state index contributed by atoms with van der Waals surface area (Å²) in [5, 5.41) is 11.6. The van der Waals surface area contributed by atoms with E-state index in [1.807, 2.05) is 39.8 Å². The van der Waals surface area contributed by atoms with Crippen LogP contribution in [0, 0.1) is 16.7 Å². The lowest BCUT2D eigenvalue weighted by Crippen LogP contribution is -2.68. The molecule has 0 aromatic heterocycles. The molecule has 0 radical (unpaired) electrons. The number of carbonyl (C=O) groups is 1. The maximum Gasteiger partial charge on any atom is 0.410 e. The highest BCUT2D eigenvalue weighted by Crippen LogP contribution is 2.39. The van der Waals surface area contributed by atoms with Crippen molar-refractivity contribution in [1.82, 2.24) is 4.90 Å². The summed E-state index contributed by atoms with van der Waals surface area (Å²) < 4.78 is 18.6. The largest absolute Gasteiger partial charge is 0.444 e. The summed E-state index contributed by atoms with van der Waals surface area (Å²) >= 11 is 0. The zero-order chi connectivity index (χ0) is 27.3. The lowest BCUT2D eigenvalue weighted by molar-refractivity contribution is -0.146. The van der Waals surface area contributed by atoms with Gasteiger partial charge in [0.15, 0.2) is 0 Å². The van der Waals surface area contributed by atoms with Crippen LogP contribution in [0.5, 0.6) is 0 Å². The zero-order valence-corrected chi connectivity index (χ0v) is 24.4. The Morgan fingerprint density at radius 1 is 1.03 bits per heavy atom. The quantitative estimate of drug-likeness (QED) is 0.428. The molecule has 0 spiro atoms. The van der Waals surface area contributed by atoms with Gasteiger partial charge in [0.2, 0.25) is 0 Å². The second-order valence-electron chi connectivity index (χ2n) is 12.3. The normalized spacial score (nSPS) is 16.3. The van der Waals surface area contributed by atoms with Crippen molar-refractivity contribution in [2.24, 2.45) is 5.41 Å². The highest BCUT2D eigenvalue weighted by molar-refractivity contribution is 6.99. The third-order valence-corrected chi connectivity index (χ3v) is 11.9. The molecule has 0 bridgehead atoms. The molecule has 0 saturated carbocycles. The van der Waals surface area contributed by atoms with Gasteiger partial charge in [0.05, 0.1) is 31.1 Å². The Morgan fingerprint density at radius 3 is 1.92 bits per heavy atom. The van der Waals surface area contributed by atoms with Gasteiger partial charge in [-0.15, -0.1) is 0 Å². The summed E-state index contributed by atoms with van der Waals surface area (Å²) in [4.78, 5) is 14.9. The van der Waals surface area contributed by atoms with Gasteiger partial charge in [-0.05, 0) is 43.1 Å². The standard InChI is InChI=1S/C30H42N2O4Si/c1-24(18-19-31)32(27(33)36-28(2,3)4)20-30(21-34-22-30)23-35-37(29(5,6)7,25-14-10-8-11-15-25)26-16-12-9-13-17-26/h8-17,24H,18,20-23H2,1-7H3/t24-/m0/s1. The van der Waals surface area contributed by atoms with Crippen molar-refractivity contribution >= 4 is 24.8 Å². The Hall–Kier alpha value is -2.66. The average Bonchev–Trinajstić information content (AvgIpc) is 2.79. The van der Waals surface area contributed by atoms with Crippen LogP contribution in [-0.4, -0.2) is 57.3 Å². The van der Waals surface area contributed by atoms with Crippen molar-refractivity contribution in [3.8, 4) is 6.07 Å². The van der Waals surface area contributed by atoms with Gasteiger partial charge in [-0.25, -0.2) is 4.79 Å². The number of rotatable bonds is 9. The molecule has 1 saturated heterocycles. The van der Waals surface area contributed by atoms with Crippen LogP contribution in [0.1, 0.15) is 54.9 Å². The van der Waals surface area contributed by atoms with E-state index < -0.39 is 20.0 Å². The fourth-order valence-electron chi connectivity index (χ4n) is 4.96. The van der Waals surface area contributed by atoms with Crippen LogP contribution in [0.15, 0.2) is 60.7 Å². The van der Waals surface area contributed by atoms with E-state index in [2.05, 4.69) is 75.4 Å². The first-order valence-corrected chi connectivity index (χ1v) is 14.9. The number of ether oxygens (including phenoxy) is 2. The molecular weight excluding hydrogens is 480 g/mol. The predicted octanol–water partition coefficient (Wildman–Crippen LogP) is 5.12. The highest BCUT2D eigenvalue weighted by Gasteiger charge is 2.53. The first-order chi connectivity index (χ1) is 17.3. The molecule has 1 atom stereocenters. The first-order valence-electron chi connectivity index (χ1n) is 13.0. The molecule has 2 aromatic rings. The van der Waals surface area contributed by atoms with Gasteiger partial charge in [0.1, 0.15) is 5.60 Å². The summed E-state index contributed by atoms with van der Waals surface area (Å²) in [6, 6.07) is 23.0. The molecule has 0 N–H and O–H groups in total. The van der Waals surface area contributed by atoms with Crippen LogP contribution < -0.4 is 10.4 Å². The van der Waals surface area contributed by atoms with Crippen LogP contribution >= 0.6 is 0 Å². The monoisotopic (exact) mass is 522 g/mol. The maximum absolute atomic E-state index is 13.2. The molecular formula is C30H42N2O4Si. The van der Waals surface area contributed by atoms with Crippen molar-refractivity contribution in [2.45, 2.75) is 71.6 Å². The summed E-state index contributed by atoms with van der Waals surface area (Å²) in [5.41, 5.74) is -1.01. The summed E-state index contributed by atoms with van der Waals surface area (Å²) in [5.74, 6) is 0. The molecule has 2 aromatic carbocycles. The van der Waals surface area contributed by atoms with E-state index in [4.69, 9.17) is 13.9 Å². The second-order valence-corrected chi connectivity index (χ2v) is 16.6. The molecule has 7 heteroatoms. The van der Waals surface area contributed by atoms with Gasteiger partial charge in [-0.1, -0.05) is 81.4 Å². The van der Waals surface area contributed by atoms with Gasteiger partial charge < -0.3 is 18.8 Å². The summed E-state index contributed by atoms with van der Waals surface area (Å²) in [6.07, 6.45) is -0.182. The van der Waals surface area contributed by atoms with E-state index in [1.54, 1.807) is 4.90 Å². The molecule has 200 valence electrons. The summed E-state index contributed by atoms with van der Waals surface area (Å²) in [6.45, 7) is 16.0. The highest BCUT2D eigenvalue weighted by atomic mass is 28.4. The number of carbonyl (C=O) groups excluding carboxylic acids is 1. The summed E-state index contributed by atoms with van der Waals surface area (Å²) in [7, 11) is -2.74. The molecule has 6 nitrogen and oxygen atoms in total. The number of hydrogen-bond donors (Lipinski definition) is 0. The van der Waals surface area contributed by atoms with E-state index >= 15 is 0 Å². The Morgan fingerprint density at radius 2 is 1.54 bits per heavy atom. The average molecular weight is 523 g/mol. The zero-order valence-electron chi connectivity index (χ0n) is 23.4. The molecule has 1 heterocycles. The lowest BCUT2D eigenvalue weighted by atomic mass is 9.86. The molecule has 0 aliphatic carbocycles. The molecule has 1 aliphatic heterocycles. The minimum atomic E-state index is -2.74. The van der Waals surface area contributed by atoms with Crippen molar-refractivity contribution in [2.75, 3.05) is 26.4 Å². The fourth-order valence-corrected chi connectivity index (χ4v) is 9.64. The predicted molar refractivity (Wildman–Crippen MR) is 149 cm³/mol. The third kappa shape index (κ3) is 6.62. The minimum absolute atomic E-state index is 0.152.